The van der Waals surface area contributed by atoms with Crippen molar-refractivity contribution in [1.82, 2.24) is 4.98 Å². The van der Waals surface area contributed by atoms with E-state index in [2.05, 4.69) is 16.0 Å². The number of methoxy groups -OCH3 is 1. The molecule has 17 heavy (non-hydrogen) atoms. The summed E-state index contributed by atoms with van der Waals surface area (Å²) in [6, 6.07) is 4.48. The average molecular weight is 233 g/mol. The monoisotopic (exact) mass is 233 g/mol. The van der Waals surface area contributed by atoms with Gasteiger partial charge in [-0.25, -0.2) is 4.98 Å². The van der Waals surface area contributed by atoms with Gasteiger partial charge in [0.1, 0.15) is 0 Å². The molecule has 4 heteroatoms. The van der Waals surface area contributed by atoms with Gasteiger partial charge in [0.15, 0.2) is 0 Å². The van der Waals surface area contributed by atoms with Crippen LogP contribution in [-0.2, 0) is 0 Å². The van der Waals surface area contributed by atoms with Crippen LogP contribution in [0.25, 0.3) is 0 Å². The number of ether oxygens (including phenoxy) is 1. The fraction of sp³-hybridized carbons (Fsp3) is 0.615. The van der Waals surface area contributed by atoms with Gasteiger partial charge in [0.2, 0.25) is 5.88 Å². The first kappa shape index (κ1) is 10.8. The lowest BCUT2D eigenvalue weighted by atomic mass is 9.93. The van der Waals surface area contributed by atoms with Gasteiger partial charge < -0.3 is 15.4 Å². The summed E-state index contributed by atoms with van der Waals surface area (Å²) >= 11 is 0. The minimum absolute atomic E-state index is 0.412. The Morgan fingerprint density at radius 3 is 2.71 bits per heavy atom. The van der Waals surface area contributed by atoms with Crippen LogP contribution in [0.1, 0.15) is 12.8 Å². The normalized spacial score (nSPS) is 31.6. The Morgan fingerprint density at radius 2 is 2.06 bits per heavy atom. The highest BCUT2D eigenvalue weighted by Crippen LogP contribution is 2.37. The first-order valence-corrected chi connectivity index (χ1v) is 6.28. The number of pyridine rings is 1. The minimum atomic E-state index is 0.412. The molecule has 0 aromatic carbocycles. The van der Waals surface area contributed by atoms with Gasteiger partial charge in [-0.1, -0.05) is 0 Å². The van der Waals surface area contributed by atoms with Crippen molar-refractivity contribution in [3.63, 3.8) is 0 Å². The SMILES string of the molecule is COc1cc(N2C[C@H]3CC[C@@H](C2)[C@@H]3N)ccn1. The maximum absolute atomic E-state index is 6.22. The quantitative estimate of drug-likeness (QED) is 0.835. The van der Waals surface area contributed by atoms with E-state index in [1.807, 2.05) is 12.3 Å². The van der Waals surface area contributed by atoms with Crippen LogP contribution in [0.3, 0.4) is 0 Å². The number of hydrogen-bond donors (Lipinski definition) is 1. The summed E-state index contributed by atoms with van der Waals surface area (Å²) in [4.78, 5) is 6.57. The van der Waals surface area contributed by atoms with Crippen molar-refractivity contribution in [2.75, 3.05) is 25.1 Å². The van der Waals surface area contributed by atoms with Crippen LogP contribution in [0.4, 0.5) is 5.69 Å². The van der Waals surface area contributed by atoms with Crippen LogP contribution in [0.15, 0.2) is 18.3 Å². The second-order valence-electron chi connectivity index (χ2n) is 5.14. The smallest absolute Gasteiger partial charge is 0.214 e. The molecule has 2 aliphatic rings. The molecule has 1 aromatic heterocycles. The number of rotatable bonds is 2. The molecule has 2 N–H and O–H groups in total. The van der Waals surface area contributed by atoms with Crippen molar-refractivity contribution in [1.29, 1.82) is 0 Å². The number of fused-ring (bicyclic) bond motifs is 2. The third kappa shape index (κ3) is 1.86. The second kappa shape index (κ2) is 4.18. The summed E-state index contributed by atoms with van der Waals surface area (Å²) in [5.74, 6) is 2.01. The van der Waals surface area contributed by atoms with Crippen molar-refractivity contribution in [2.45, 2.75) is 18.9 Å². The van der Waals surface area contributed by atoms with Gasteiger partial charge in [-0.2, -0.15) is 0 Å². The predicted molar refractivity (Wildman–Crippen MR) is 67.2 cm³/mol. The van der Waals surface area contributed by atoms with Crippen LogP contribution in [0, 0.1) is 11.8 Å². The Kier molecular flexibility index (Phi) is 2.67. The lowest BCUT2D eigenvalue weighted by molar-refractivity contribution is 0.355. The van der Waals surface area contributed by atoms with E-state index in [9.17, 15) is 0 Å². The van der Waals surface area contributed by atoms with E-state index in [-0.39, 0.29) is 0 Å². The molecule has 92 valence electrons. The summed E-state index contributed by atoms with van der Waals surface area (Å²) in [6.45, 7) is 2.15. The molecule has 3 atom stereocenters. The lowest BCUT2D eigenvalue weighted by Crippen LogP contribution is -2.48. The molecule has 3 rings (SSSR count). The first-order valence-electron chi connectivity index (χ1n) is 6.28. The summed E-state index contributed by atoms with van der Waals surface area (Å²) in [5.41, 5.74) is 7.43. The molecule has 1 saturated heterocycles. The molecular formula is C13H19N3O. The van der Waals surface area contributed by atoms with Crippen LogP contribution in [0.5, 0.6) is 5.88 Å². The molecule has 1 saturated carbocycles. The molecule has 2 fully saturated rings. The fourth-order valence-electron chi connectivity index (χ4n) is 3.18. The number of nitrogens with two attached hydrogens (primary N) is 1. The standard InChI is InChI=1S/C13H19N3O/c1-17-12-6-11(4-5-15-12)16-7-9-2-3-10(8-16)13(9)14/h4-6,9-10,13H,2-3,7-8,14H2,1H3/t9-,10+,13-. The van der Waals surface area contributed by atoms with Crippen LogP contribution >= 0.6 is 0 Å². The van der Waals surface area contributed by atoms with Crippen molar-refractivity contribution in [3.05, 3.63) is 18.3 Å². The van der Waals surface area contributed by atoms with Crippen LogP contribution in [0.2, 0.25) is 0 Å². The number of anilines is 1. The highest BCUT2D eigenvalue weighted by atomic mass is 16.5. The predicted octanol–water partition coefficient (Wildman–Crippen LogP) is 1.26. The molecular weight excluding hydrogens is 214 g/mol. The van der Waals surface area contributed by atoms with Crippen LogP contribution in [-0.4, -0.2) is 31.2 Å². The van der Waals surface area contributed by atoms with Gasteiger partial charge in [-0.3, -0.25) is 0 Å². The maximum atomic E-state index is 6.22. The molecule has 4 nitrogen and oxygen atoms in total. The van der Waals surface area contributed by atoms with E-state index in [0.717, 1.165) is 13.1 Å². The van der Waals surface area contributed by atoms with E-state index in [0.29, 0.717) is 23.8 Å². The van der Waals surface area contributed by atoms with Crippen molar-refractivity contribution in [3.8, 4) is 5.88 Å². The zero-order valence-corrected chi connectivity index (χ0v) is 10.2. The molecule has 2 bridgehead atoms. The molecule has 1 aliphatic heterocycles. The summed E-state index contributed by atoms with van der Waals surface area (Å²) in [6.07, 6.45) is 4.37. The van der Waals surface area contributed by atoms with Gasteiger partial charge in [-0.05, 0) is 30.7 Å². The van der Waals surface area contributed by atoms with Crippen molar-refractivity contribution >= 4 is 5.69 Å². The van der Waals surface area contributed by atoms with E-state index in [1.165, 1.54) is 18.5 Å². The van der Waals surface area contributed by atoms with Gasteiger partial charge in [-0.15, -0.1) is 0 Å². The molecule has 1 aromatic rings. The third-order valence-corrected chi connectivity index (χ3v) is 4.20. The van der Waals surface area contributed by atoms with Gasteiger partial charge in [0.25, 0.3) is 0 Å². The Morgan fingerprint density at radius 1 is 1.35 bits per heavy atom. The summed E-state index contributed by atoms with van der Waals surface area (Å²) < 4.78 is 5.17. The molecule has 1 aliphatic carbocycles. The van der Waals surface area contributed by atoms with Crippen molar-refractivity contribution < 1.29 is 4.74 Å². The molecule has 0 amide bonds. The summed E-state index contributed by atoms with van der Waals surface area (Å²) in [7, 11) is 1.65. The van der Waals surface area contributed by atoms with E-state index >= 15 is 0 Å². The fourth-order valence-corrected chi connectivity index (χ4v) is 3.18. The van der Waals surface area contributed by atoms with E-state index in [1.54, 1.807) is 7.11 Å². The molecule has 2 heterocycles. The minimum Gasteiger partial charge on any atom is -0.481 e. The number of piperidine rings is 1. The molecule has 0 unspecified atom stereocenters. The second-order valence-corrected chi connectivity index (χ2v) is 5.14. The highest BCUT2D eigenvalue weighted by Gasteiger charge is 2.39. The van der Waals surface area contributed by atoms with Gasteiger partial charge in [0, 0.05) is 37.1 Å². The van der Waals surface area contributed by atoms with E-state index < -0.39 is 0 Å². The highest BCUT2D eigenvalue weighted by molar-refractivity contribution is 5.49. The number of hydrogen-bond acceptors (Lipinski definition) is 4. The first-order chi connectivity index (χ1) is 8.28. The molecule has 0 spiro atoms. The van der Waals surface area contributed by atoms with Crippen molar-refractivity contribution in [2.24, 2.45) is 17.6 Å². The lowest BCUT2D eigenvalue weighted by Gasteiger charge is -2.37. The van der Waals surface area contributed by atoms with E-state index in [4.69, 9.17) is 10.5 Å². The largest absolute Gasteiger partial charge is 0.481 e. The summed E-state index contributed by atoms with van der Waals surface area (Å²) in [5, 5.41) is 0. The Balaban J connectivity index is 1.81. The maximum Gasteiger partial charge on any atom is 0.214 e. The molecule has 0 radical (unpaired) electrons. The van der Waals surface area contributed by atoms with Gasteiger partial charge >= 0.3 is 0 Å². The van der Waals surface area contributed by atoms with Gasteiger partial charge in [0.05, 0.1) is 7.11 Å². The van der Waals surface area contributed by atoms with Crippen LogP contribution < -0.4 is 15.4 Å². The Labute approximate surface area is 102 Å². The zero-order chi connectivity index (χ0) is 11.8. The Bertz CT molecular complexity index is 395. The number of aromatic nitrogens is 1. The average Bonchev–Trinajstić information content (AvgIpc) is 2.61. The topological polar surface area (TPSA) is 51.4 Å². The zero-order valence-electron chi connectivity index (χ0n) is 10.2. The Hall–Kier alpha value is -1.29. The third-order valence-electron chi connectivity index (χ3n) is 4.20. The number of nitrogens with zero attached hydrogens (tertiary/aromatic N) is 2.